The Kier molecular flexibility index (Phi) is 3.58. The highest BCUT2D eigenvalue weighted by Crippen LogP contribution is 2.59. The van der Waals surface area contributed by atoms with Crippen molar-refractivity contribution in [3.63, 3.8) is 0 Å². The van der Waals surface area contributed by atoms with Crippen LogP contribution in [0.4, 0.5) is 8.78 Å². The molecule has 0 aliphatic carbocycles. The molecule has 122 valence electrons. The van der Waals surface area contributed by atoms with Crippen LogP contribution in [0, 0.1) is 11.6 Å². The first-order chi connectivity index (χ1) is 11.6. The van der Waals surface area contributed by atoms with E-state index in [9.17, 15) is 8.78 Å². The summed E-state index contributed by atoms with van der Waals surface area (Å²) in [7, 11) is 0. The Hall–Kier alpha value is -2.31. The van der Waals surface area contributed by atoms with Crippen LogP contribution in [-0.2, 0) is 16.9 Å². The van der Waals surface area contributed by atoms with Gasteiger partial charge in [-0.3, -0.25) is 0 Å². The molecule has 1 aliphatic heterocycles. The van der Waals surface area contributed by atoms with E-state index in [4.69, 9.17) is 16.3 Å². The van der Waals surface area contributed by atoms with Gasteiger partial charge in [0.1, 0.15) is 36.0 Å². The molecule has 0 unspecified atom stereocenters. The molecule has 1 saturated heterocycles. The summed E-state index contributed by atoms with van der Waals surface area (Å²) >= 11 is 6.26. The third kappa shape index (κ3) is 2.57. The summed E-state index contributed by atoms with van der Waals surface area (Å²) in [4.78, 5) is 3.90. The van der Waals surface area contributed by atoms with Crippen molar-refractivity contribution in [1.82, 2.24) is 14.8 Å². The molecule has 0 radical (unpaired) electrons. The molecule has 7 heteroatoms. The van der Waals surface area contributed by atoms with E-state index in [-0.39, 0.29) is 6.54 Å². The first-order valence-electron chi connectivity index (χ1n) is 7.30. The molecular weight excluding hydrogens is 336 g/mol. The van der Waals surface area contributed by atoms with E-state index < -0.39 is 23.3 Å². The van der Waals surface area contributed by atoms with E-state index in [0.717, 1.165) is 11.6 Å². The summed E-state index contributed by atoms with van der Waals surface area (Å²) in [5, 5.41) is 4.61. The van der Waals surface area contributed by atoms with Crippen molar-refractivity contribution in [2.24, 2.45) is 0 Å². The second kappa shape index (κ2) is 5.65. The first kappa shape index (κ1) is 15.2. The molecule has 1 fully saturated rings. The van der Waals surface area contributed by atoms with Crippen LogP contribution in [0.1, 0.15) is 17.2 Å². The summed E-state index contributed by atoms with van der Waals surface area (Å²) in [6, 6.07) is 10.6. The highest BCUT2D eigenvalue weighted by molar-refractivity contribution is 6.31. The lowest BCUT2D eigenvalue weighted by atomic mass is 9.91. The summed E-state index contributed by atoms with van der Waals surface area (Å²) in [5.41, 5.74) is 0.228. The van der Waals surface area contributed by atoms with Crippen LogP contribution in [0.25, 0.3) is 0 Å². The van der Waals surface area contributed by atoms with Crippen LogP contribution in [0.3, 0.4) is 0 Å². The second-order valence-electron chi connectivity index (χ2n) is 5.66. The van der Waals surface area contributed by atoms with E-state index in [1.165, 1.54) is 24.8 Å². The molecule has 2 aromatic carbocycles. The average molecular weight is 348 g/mol. The smallest absolute Gasteiger partial charge is 0.144 e. The molecule has 2 heterocycles. The van der Waals surface area contributed by atoms with Crippen LogP contribution in [-0.4, -0.2) is 14.8 Å². The zero-order valence-electron chi connectivity index (χ0n) is 12.4. The van der Waals surface area contributed by atoms with Gasteiger partial charge in [0.15, 0.2) is 0 Å². The van der Waals surface area contributed by atoms with Gasteiger partial charge in [0.25, 0.3) is 0 Å². The molecule has 0 amide bonds. The molecular formula is C17H12ClF2N3O. The fourth-order valence-corrected chi connectivity index (χ4v) is 3.20. The van der Waals surface area contributed by atoms with Crippen LogP contribution in [0.5, 0.6) is 0 Å². The van der Waals surface area contributed by atoms with E-state index in [2.05, 4.69) is 10.1 Å². The summed E-state index contributed by atoms with van der Waals surface area (Å²) in [6.45, 7) is 0.270. The highest BCUT2D eigenvalue weighted by Gasteiger charge is 2.59. The van der Waals surface area contributed by atoms with Gasteiger partial charge < -0.3 is 4.74 Å². The number of nitrogens with zero attached hydrogens (tertiary/aromatic N) is 3. The number of ether oxygens (including phenoxy) is 1. The Morgan fingerprint density at radius 2 is 1.92 bits per heavy atom. The number of benzene rings is 2. The Bertz CT molecular complexity index is 867. The molecule has 4 rings (SSSR count). The zero-order chi connectivity index (χ0) is 16.7. The number of halogens is 3. The van der Waals surface area contributed by atoms with Crippen LogP contribution in [0.2, 0.25) is 5.02 Å². The molecule has 0 saturated carbocycles. The normalized spacial score (nSPS) is 22.5. The van der Waals surface area contributed by atoms with Crippen molar-refractivity contribution >= 4 is 11.6 Å². The topological polar surface area (TPSA) is 43.2 Å². The van der Waals surface area contributed by atoms with Crippen molar-refractivity contribution in [2.45, 2.75) is 18.2 Å². The molecule has 24 heavy (non-hydrogen) atoms. The van der Waals surface area contributed by atoms with Crippen molar-refractivity contribution in [1.29, 1.82) is 0 Å². The third-order valence-corrected chi connectivity index (χ3v) is 4.44. The standard InChI is InChI=1S/C17H12ClF2N3O/c18-15-4-2-1-3-14(15)16-17(24-16,8-23-10-21-9-22-23)11-5-12(19)7-13(20)6-11/h1-7,9-10,16H,8H2/t16-,17-/m0/s1. The molecule has 2 atom stereocenters. The Morgan fingerprint density at radius 3 is 2.58 bits per heavy atom. The van der Waals surface area contributed by atoms with Crippen LogP contribution in [0.15, 0.2) is 55.1 Å². The lowest BCUT2D eigenvalue weighted by molar-refractivity contribution is 0.261. The minimum absolute atomic E-state index is 0.270. The Balaban J connectivity index is 1.79. The maximum atomic E-state index is 13.7. The largest absolute Gasteiger partial charge is 0.354 e. The van der Waals surface area contributed by atoms with E-state index >= 15 is 0 Å². The monoisotopic (exact) mass is 347 g/mol. The van der Waals surface area contributed by atoms with Crippen molar-refractivity contribution in [3.8, 4) is 0 Å². The van der Waals surface area contributed by atoms with Gasteiger partial charge in [-0.15, -0.1) is 0 Å². The van der Waals surface area contributed by atoms with Gasteiger partial charge in [-0.05, 0) is 23.8 Å². The van der Waals surface area contributed by atoms with Gasteiger partial charge in [0.2, 0.25) is 0 Å². The number of rotatable bonds is 4. The lowest BCUT2D eigenvalue weighted by Crippen LogP contribution is -2.20. The van der Waals surface area contributed by atoms with Gasteiger partial charge in [0.05, 0.1) is 6.54 Å². The summed E-state index contributed by atoms with van der Waals surface area (Å²) in [6.07, 6.45) is 2.51. The second-order valence-corrected chi connectivity index (χ2v) is 6.07. The predicted molar refractivity (Wildman–Crippen MR) is 83.3 cm³/mol. The van der Waals surface area contributed by atoms with Crippen molar-refractivity contribution in [3.05, 3.63) is 82.9 Å². The fraction of sp³-hybridized carbons (Fsp3) is 0.176. The third-order valence-electron chi connectivity index (χ3n) is 4.10. The molecule has 0 spiro atoms. The Morgan fingerprint density at radius 1 is 1.17 bits per heavy atom. The summed E-state index contributed by atoms with van der Waals surface area (Å²) in [5.74, 6) is -1.31. The maximum Gasteiger partial charge on any atom is 0.144 e. The van der Waals surface area contributed by atoms with Gasteiger partial charge in [-0.2, -0.15) is 5.10 Å². The average Bonchev–Trinajstić information content (AvgIpc) is 3.02. The van der Waals surface area contributed by atoms with Crippen LogP contribution < -0.4 is 0 Å². The van der Waals surface area contributed by atoms with Crippen molar-refractivity contribution < 1.29 is 13.5 Å². The molecule has 0 bridgehead atoms. The zero-order valence-corrected chi connectivity index (χ0v) is 13.1. The molecule has 3 aromatic rings. The SMILES string of the molecule is Fc1cc(F)cc([C@]2(Cn3cncn3)O[C@H]2c2ccccc2Cl)c1. The quantitative estimate of drug-likeness (QED) is 0.673. The maximum absolute atomic E-state index is 13.7. The minimum Gasteiger partial charge on any atom is -0.354 e. The highest BCUT2D eigenvalue weighted by atomic mass is 35.5. The number of epoxide rings is 1. The van der Waals surface area contributed by atoms with Gasteiger partial charge in [-0.25, -0.2) is 18.4 Å². The van der Waals surface area contributed by atoms with E-state index in [0.29, 0.717) is 10.6 Å². The van der Waals surface area contributed by atoms with Gasteiger partial charge in [-0.1, -0.05) is 29.8 Å². The first-order valence-corrected chi connectivity index (χ1v) is 7.67. The number of aromatic nitrogens is 3. The van der Waals surface area contributed by atoms with Gasteiger partial charge in [0, 0.05) is 16.7 Å². The summed E-state index contributed by atoms with van der Waals surface area (Å²) < 4.78 is 34.9. The van der Waals surface area contributed by atoms with Crippen LogP contribution >= 0.6 is 11.6 Å². The molecule has 0 N–H and O–H groups in total. The molecule has 1 aliphatic rings. The lowest BCUT2D eigenvalue weighted by Gasteiger charge is -2.14. The number of hydrogen-bond donors (Lipinski definition) is 0. The predicted octanol–water partition coefficient (Wildman–Crippen LogP) is 3.88. The molecule has 1 aromatic heterocycles. The molecule has 4 nitrogen and oxygen atoms in total. The number of hydrogen-bond acceptors (Lipinski definition) is 3. The fourth-order valence-electron chi connectivity index (χ4n) is 2.96. The van der Waals surface area contributed by atoms with E-state index in [1.807, 2.05) is 18.2 Å². The Labute approximate surface area is 141 Å². The minimum atomic E-state index is -0.943. The van der Waals surface area contributed by atoms with Crippen molar-refractivity contribution in [2.75, 3.05) is 0 Å². The van der Waals surface area contributed by atoms with E-state index in [1.54, 1.807) is 10.7 Å². The van der Waals surface area contributed by atoms with Gasteiger partial charge >= 0.3 is 0 Å².